The molecule has 0 unspecified atom stereocenters. The molecule has 1 amide bonds. The molecule has 2 heterocycles. The van der Waals surface area contributed by atoms with Gasteiger partial charge in [-0.3, -0.25) is 4.79 Å². The maximum atomic E-state index is 13.1. The average Bonchev–Trinajstić information content (AvgIpc) is 3.65. The SMILES string of the molecule is Cc1nc([C@H](CC2CC2)NC(=O)c2ccc(C3CCCC3)c(OCC3CC3)n2)no1. The Morgan fingerprint density at radius 1 is 1.13 bits per heavy atom. The van der Waals surface area contributed by atoms with Crippen molar-refractivity contribution in [1.82, 2.24) is 20.4 Å². The monoisotopic (exact) mass is 410 g/mol. The minimum atomic E-state index is -0.255. The van der Waals surface area contributed by atoms with Gasteiger partial charge in [-0.15, -0.1) is 0 Å². The third-order valence-electron chi connectivity index (χ3n) is 6.50. The number of rotatable bonds is 9. The standard InChI is InChI=1S/C23H30N4O3/c1-14-24-21(27-30-14)20(12-15-6-7-15)25-22(28)19-11-10-18(17-4-2-3-5-17)23(26-19)29-13-16-8-9-16/h10-11,15-17,20H,2-9,12-13H2,1H3,(H,25,28)/t20-/m0/s1. The highest BCUT2D eigenvalue weighted by Crippen LogP contribution is 2.39. The lowest BCUT2D eigenvalue weighted by molar-refractivity contribution is 0.0924. The van der Waals surface area contributed by atoms with E-state index in [2.05, 4.69) is 26.5 Å². The lowest BCUT2D eigenvalue weighted by Crippen LogP contribution is -2.30. The topological polar surface area (TPSA) is 90.1 Å². The Morgan fingerprint density at radius 3 is 2.57 bits per heavy atom. The maximum Gasteiger partial charge on any atom is 0.270 e. The van der Waals surface area contributed by atoms with Gasteiger partial charge < -0.3 is 14.6 Å². The van der Waals surface area contributed by atoms with Crippen LogP contribution in [-0.2, 0) is 0 Å². The number of carbonyl (C=O) groups is 1. The summed E-state index contributed by atoms with van der Waals surface area (Å²) in [4.78, 5) is 22.1. The molecule has 0 radical (unpaired) electrons. The number of hydrogen-bond acceptors (Lipinski definition) is 6. The van der Waals surface area contributed by atoms with Gasteiger partial charge in [0, 0.05) is 12.5 Å². The van der Waals surface area contributed by atoms with Crippen molar-refractivity contribution in [2.45, 2.75) is 76.7 Å². The number of ether oxygens (including phenoxy) is 1. The van der Waals surface area contributed by atoms with Crippen LogP contribution >= 0.6 is 0 Å². The molecule has 0 saturated heterocycles. The molecule has 1 atom stereocenters. The molecule has 1 N–H and O–H groups in total. The molecule has 2 aromatic rings. The van der Waals surface area contributed by atoms with E-state index in [9.17, 15) is 4.79 Å². The highest BCUT2D eigenvalue weighted by Gasteiger charge is 2.31. The summed E-state index contributed by atoms with van der Waals surface area (Å²) in [5.74, 6) is 3.24. The average molecular weight is 411 g/mol. The van der Waals surface area contributed by atoms with E-state index in [1.54, 1.807) is 6.92 Å². The summed E-state index contributed by atoms with van der Waals surface area (Å²) >= 11 is 0. The molecule has 3 saturated carbocycles. The van der Waals surface area contributed by atoms with Gasteiger partial charge in [-0.1, -0.05) is 36.9 Å². The summed E-state index contributed by atoms with van der Waals surface area (Å²) in [7, 11) is 0. The Bertz CT molecular complexity index is 898. The summed E-state index contributed by atoms with van der Waals surface area (Å²) in [6.45, 7) is 2.46. The third-order valence-corrected chi connectivity index (χ3v) is 6.50. The highest BCUT2D eigenvalue weighted by atomic mass is 16.5. The molecule has 0 bridgehead atoms. The minimum absolute atomic E-state index is 0.211. The van der Waals surface area contributed by atoms with Crippen LogP contribution in [0.15, 0.2) is 16.7 Å². The van der Waals surface area contributed by atoms with Crippen LogP contribution in [0.4, 0.5) is 0 Å². The number of nitrogens with one attached hydrogen (secondary N) is 1. The van der Waals surface area contributed by atoms with Crippen LogP contribution in [0.2, 0.25) is 0 Å². The van der Waals surface area contributed by atoms with E-state index in [4.69, 9.17) is 9.26 Å². The van der Waals surface area contributed by atoms with Crippen molar-refractivity contribution in [1.29, 1.82) is 0 Å². The van der Waals surface area contributed by atoms with Gasteiger partial charge in [0.1, 0.15) is 5.69 Å². The smallest absolute Gasteiger partial charge is 0.270 e. The van der Waals surface area contributed by atoms with Crippen LogP contribution in [0.1, 0.15) is 97.5 Å². The largest absolute Gasteiger partial charge is 0.477 e. The van der Waals surface area contributed by atoms with Crippen molar-refractivity contribution in [3.8, 4) is 5.88 Å². The Labute approximate surface area is 177 Å². The number of carbonyl (C=O) groups excluding carboxylic acids is 1. The van der Waals surface area contributed by atoms with Crippen molar-refractivity contribution in [2.75, 3.05) is 6.61 Å². The molecule has 3 aliphatic rings. The summed E-state index contributed by atoms with van der Waals surface area (Å²) in [5.41, 5.74) is 1.55. The minimum Gasteiger partial charge on any atom is -0.477 e. The van der Waals surface area contributed by atoms with Gasteiger partial charge in [-0.2, -0.15) is 4.98 Å². The fourth-order valence-electron chi connectivity index (χ4n) is 4.33. The van der Waals surface area contributed by atoms with Crippen LogP contribution in [0.3, 0.4) is 0 Å². The predicted molar refractivity (Wildman–Crippen MR) is 110 cm³/mol. The maximum absolute atomic E-state index is 13.1. The van der Waals surface area contributed by atoms with Crippen LogP contribution in [0.25, 0.3) is 0 Å². The summed E-state index contributed by atoms with van der Waals surface area (Å²) in [6, 6.07) is 3.63. The van der Waals surface area contributed by atoms with Gasteiger partial charge in [0.2, 0.25) is 11.8 Å². The molecule has 0 spiro atoms. The second kappa shape index (κ2) is 8.36. The van der Waals surface area contributed by atoms with Gasteiger partial charge in [-0.25, -0.2) is 4.98 Å². The Hall–Kier alpha value is -2.44. The molecule has 7 heteroatoms. The molecular weight excluding hydrogens is 380 g/mol. The van der Waals surface area contributed by atoms with Gasteiger partial charge >= 0.3 is 0 Å². The summed E-state index contributed by atoms with van der Waals surface area (Å²) < 4.78 is 11.2. The fraction of sp³-hybridized carbons (Fsp3) is 0.652. The highest BCUT2D eigenvalue weighted by molar-refractivity contribution is 5.92. The third kappa shape index (κ3) is 4.65. The number of pyridine rings is 1. The molecule has 0 aromatic carbocycles. The van der Waals surface area contributed by atoms with Gasteiger partial charge in [0.05, 0.1) is 12.6 Å². The van der Waals surface area contributed by atoms with Crippen LogP contribution in [0, 0.1) is 18.8 Å². The van der Waals surface area contributed by atoms with Gasteiger partial charge in [0.25, 0.3) is 5.91 Å². The molecule has 3 aliphatic carbocycles. The molecule has 3 fully saturated rings. The van der Waals surface area contributed by atoms with E-state index in [1.807, 2.05) is 6.07 Å². The Morgan fingerprint density at radius 2 is 1.90 bits per heavy atom. The van der Waals surface area contributed by atoms with Crippen LogP contribution in [-0.4, -0.2) is 27.6 Å². The molecule has 2 aromatic heterocycles. The first-order valence-corrected chi connectivity index (χ1v) is 11.4. The van der Waals surface area contributed by atoms with Gasteiger partial charge in [0.15, 0.2) is 5.82 Å². The van der Waals surface area contributed by atoms with Crippen LogP contribution < -0.4 is 10.1 Å². The fourth-order valence-corrected chi connectivity index (χ4v) is 4.33. The first kappa shape index (κ1) is 19.5. The van der Waals surface area contributed by atoms with Crippen molar-refractivity contribution < 1.29 is 14.1 Å². The predicted octanol–water partition coefficient (Wildman–Crippen LogP) is 4.49. The van der Waals surface area contributed by atoms with E-state index in [1.165, 1.54) is 51.4 Å². The molecule has 30 heavy (non-hydrogen) atoms. The summed E-state index contributed by atoms with van der Waals surface area (Å²) in [6.07, 6.45) is 10.5. The number of amides is 1. The van der Waals surface area contributed by atoms with Crippen molar-refractivity contribution in [2.24, 2.45) is 11.8 Å². The second-order valence-corrected chi connectivity index (χ2v) is 9.20. The quantitative estimate of drug-likeness (QED) is 0.655. The lowest BCUT2D eigenvalue weighted by atomic mass is 9.98. The second-order valence-electron chi connectivity index (χ2n) is 9.20. The zero-order valence-electron chi connectivity index (χ0n) is 17.6. The zero-order valence-corrected chi connectivity index (χ0v) is 17.6. The molecule has 7 nitrogen and oxygen atoms in total. The number of nitrogens with zero attached hydrogens (tertiary/aromatic N) is 3. The summed E-state index contributed by atoms with van der Waals surface area (Å²) in [5, 5.41) is 7.12. The van der Waals surface area contributed by atoms with E-state index in [-0.39, 0.29) is 11.9 Å². The molecular formula is C23H30N4O3. The number of aryl methyl sites for hydroxylation is 1. The van der Waals surface area contributed by atoms with Crippen molar-refractivity contribution in [3.05, 3.63) is 35.1 Å². The Balaban J connectivity index is 1.34. The molecule has 160 valence electrons. The normalized spacial score (nSPS) is 20.3. The van der Waals surface area contributed by atoms with Crippen molar-refractivity contribution >= 4 is 5.91 Å². The zero-order chi connectivity index (χ0) is 20.5. The molecule has 5 rings (SSSR count). The number of hydrogen-bond donors (Lipinski definition) is 1. The van der Waals surface area contributed by atoms with E-state index < -0.39 is 0 Å². The molecule has 0 aliphatic heterocycles. The first-order valence-electron chi connectivity index (χ1n) is 11.4. The van der Waals surface area contributed by atoms with Gasteiger partial charge in [-0.05, 0) is 55.9 Å². The Kier molecular flexibility index (Phi) is 5.44. The van der Waals surface area contributed by atoms with Crippen molar-refractivity contribution in [3.63, 3.8) is 0 Å². The number of aromatic nitrogens is 3. The first-order chi connectivity index (χ1) is 14.7. The van der Waals surface area contributed by atoms with Crippen LogP contribution in [0.5, 0.6) is 5.88 Å². The van der Waals surface area contributed by atoms with E-state index in [0.717, 1.165) is 12.0 Å². The lowest BCUT2D eigenvalue weighted by Gasteiger charge is -2.18. The van der Waals surface area contributed by atoms with E-state index in [0.29, 0.717) is 47.6 Å². The van der Waals surface area contributed by atoms with E-state index >= 15 is 0 Å².